The molecule has 2 N–H and O–H groups in total. The van der Waals surface area contributed by atoms with Gasteiger partial charge in [0.2, 0.25) is 5.78 Å². The van der Waals surface area contributed by atoms with Gasteiger partial charge in [0, 0.05) is 50.0 Å². The van der Waals surface area contributed by atoms with Crippen LogP contribution in [0.4, 0.5) is 4.79 Å². The van der Waals surface area contributed by atoms with Crippen LogP contribution in [0.3, 0.4) is 0 Å². The van der Waals surface area contributed by atoms with Crippen molar-refractivity contribution in [3.63, 3.8) is 0 Å². The first kappa shape index (κ1) is 29.1. The van der Waals surface area contributed by atoms with E-state index in [1.807, 2.05) is 19.1 Å². The van der Waals surface area contributed by atoms with E-state index >= 15 is 0 Å². The van der Waals surface area contributed by atoms with Gasteiger partial charge in [0.1, 0.15) is 5.75 Å². The van der Waals surface area contributed by atoms with Crippen LogP contribution in [0.25, 0.3) is 5.57 Å². The van der Waals surface area contributed by atoms with E-state index < -0.39 is 35.0 Å². The number of hydrogen-bond donors (Lipinski definition) is 2. The number of urea groups is 1. The van der Waals surface area contributed by atoms with Gasteiger partial charge in [-0.25, -0.2) is 9.59 Å². The third kappa shape index (κ3) is 4.03. The summed E-state index contributed by atoms with van der Waals surface area (Å²) in [5.74, 6) is -1.37. The number of rotatable bonds is 7. The van der Waals surface area contributed by atoms with E-state index in [4.69, 9.17) is 9.47 Å². The molecule has 0 saturated carbocycles. The Morgan fingerprint density at radius 2 is 1.82 bits per heavy atom. The third-order valence-electron chi connectivity index (χ3n) is 8.97. The number of H-pyrrole nitrogens is 1. The Hall–Kier alpha value is -5.03. The third-order valence-corrected chi connectivity index (χ3v) is 8.97. The van der Waals surface area contributed by atoms with Crippen LogP contribution in [0.5, 0.6) is 5.75 Å². The van der Waals surface area contributed by atoms with Crippen molar-refractivity contribution in [3.05, 3.63) is 92.8 Å². The summed E-state index contributed by atoms with van der Waals surface area (Å²) in [5.41, 5.74) is 2.71. The highest BCUT2D eigenvalue weighted by Crippen LogP contribution is 2.51. The Balaban J connectivity index is 1.38. The molecule has 1 aromatic heterocycles. The maximum Gasteiger partial charge on any atom is 0.337 e. The average Bonchev–Trinajstić information content (AvgIpc) is 3.53. The number of methoxy groups -OCH3 is 2. The molecule has 1 saturated heterocycles. The van der Waals surface area contributed by atoms with Crippen molar-refractivity contribution in [2.24, 2.45) is 0 Å². The number of nitrogens with zero attached hydrogens (tertiary/aromatic N) is 2. The molecule has 1 fully saturated rings. The summed E-state index contributed by atoms with van der Waals surface area (Å²) in [7, 11) is 5.71. The number of aryl methyl sites for hydroxylation is 1. The summed E-state index contributed by atoms with van der Waals surface area (Å²) in [5, 5.41) is 3.32. The second kappa shape index (κ2) is 10.6. The largest absolute Gasteiger partial charge is 0.496 e. The van der Waals surface area contributed by atoms with Crippen molar-refractivity contribution in [1.82, 2.24) is 20.1 Å². The number of Topliss-reactive ketones (excluding diaryl/α,β-unsaturated/α-hetero) is 2. The van der Waals surface area contributed by atoms with Crippen LogP contribution in [0, 0.1) is 6.92 Å². The highest BCUT2D eigenvalue weighted by molar-refractivity contribution is 6.43. The first-order valence-electron chi connectivity index (χ1n) is 14.2. The van der Waals surface area contributed by atoms with Gasteiger partial charge < -0.3 is 24.7 Å². The summed E-state index contributed by atoms with van der Waals surface area (Å²) in [6.45, 7) is 2.77. The molecule has 3 aliphatic rings. The molecule has 3 aromatic rings. The van der Waals surface area contributed by atoms with E-state index in [1.165, 1.54) is 33.2 Å². The molecule has 226 valence electrons. The Labute approximate surface area is 253 Å². The topological polar surface area (TPSA) is 138 Å². The first-order valence-corrected chi connectivity index (χ1v) is 14.2. The van der Waals surface area contributed by atoms with Crippen molar-refractivity contribution in [3.8, 4) is 5.75 Å². The van der Waals surface area contributed by atoms with Crippen molar-refractivity contribution < 1.29 is 33.4 Å². The Bertz CT molecular complexity index is 1820. The molecule has 1 aliphatic heterocycles. The lowest BCUT2D eigenvalue weighted by atomic mass is 9.65. The van der Waals surface area contributed by atoms with Gasteiger partial charge in [-0.05, 0) is 60.3 Å². The van der Waals surface area contributed by atoms with E-state index in [2.05, 4.69) is 10.3 Å². The number of ether oxygens (including phenoxy) is 2. The van der Waals surface area contributed by atoms with Gasteiger partial charge in [-0.3, -0.25) is 19.3 Å². The predicted octanol–water partition coefficient (Wildman–Crippen LogP) is 3.10. The molecule has 3 amide bonds. The minimum atomic E-state index is -1.70. The number of esters is 1. The highest BCUT2D eigenvalue weighted by Gasteiger charge is 2.63. The van der Waals surface area contributed by atoms with Crippen molar-refractivity contribution in [2.75, 3.05) is 34.9 Å². The Kier molecular flexibility index (Phi) is 7.00. The second-order valence-electron chi connectivity index (χ2n) is 11.3. The zero-order valence-corrected chi connectivity index (χ0v) is 25.1. The van der Waals surface area contributed by atoms with Gasteiger partial charge in [-0.1, -0.05) is 18.2 Å². The van der Waals surface area contributed by atoms with Gasteiger partial charge in [0.25, 0.3) is 5.91 Å². The molecule has 1 unspecified atom stereocenters. The number of nitrogens with one attached hydrogen (secondary N) is 2. The summed E-state index contributed by atoms with van der Waals surface area (Å²) in [6.07, 6.45) is 2.06. The van der Waals surface area contributed by atoms with E-state index in [-0.39, 0.29) is 28.8 Å². The molecule has 0 bridgehead atoms. The molecule has 44 heavy (non-hydrogen) atoms. The molecule has 0 radical (unpaired) electrons. The number of likely N-dealkylation sites (N-methyl/N-ethyl adjacent to an activating group) is 2. The maximum absolute atomic E-state index is 14.6. The smallest absolute Gasteiger partial charge is 0.337 e. The van der Waals surface area contributed by atoms with E-state index in [9.17, 15) is 24.0 Å². The first-order chi connectivity index (χ1) is 21.1. The van der Waals surface area contributed by atoms with Crippen LogP contribution in [-0.2, 0) is 28.9 Å². The minimum absolute atomic E-state index is 0.00225. The molecule has 2 heterocycles. The summed E-state index contributed by atoms with van der Waals surface area (Å²) in [6, 6.07) is 10.1. The summed E-state index contributed by atoms with van der Waals surface area (Å²) >= 11 is 0. The van der Waals surface area contributed by atoms with Crippen molar-refractivity contribution in [1.29, 1.82) is 0 Å². The lowest BCUT2D eigenvalue weighted by molar-refractivity contribution is -0.130. The molecule has 11 heteroatoms. The fraction of sp³-hybridized carbons (Fsp3) is 0.303. The van der Waals surface area contributed by atoms with Crippen molar-refractivity contribution in [2.45, 2.75) is 31.8 Å². The molecule has 1 atom stereocenters. The highest BCUT2D eigenvalue weighted by atomic mass is 16.5. The van der Waals surface area contributed by atoms with Crippen LogP contribution in [0.2, 0.25) is 0 Å². The standard InChI is InChI=1S/C33H32N4O7/c1-17-9-10-22(43-4)21-14-33(31(41)36(2)32(42)37(33)3)26-25(23(17)21)29(39)27-24(28(26)38)20(16-35-27)11-12-34-15-18-7-6-8-19(13-18)30(40)44-5/h6-10,13,16,34-35H,11-12,14-15H2,1-5H3. The number of amides is 3. The minimum Gasteiger partial charge on any atom is -0.496 e. The normalized spacial score (nSPS) is 19.0. The van der Waals surface area contributed by atoms with Gasteiger partial charge in [-0.15, -0.1) is 0 Å². The maximum atomic E-state index is 14.6. The number of fused-ring (bicyclic) bond motifs is 4. The van der Waals surface area contributed by atoms with E-state index in [0.717, 1.165) is 16.0 Å². The molecule has 6 rings (SSSR count). The monoisotopic (exact) mass is 596 g/mol. The van der Waals surface area contributed by atoms with E-state index in [0.29, 0.717) is 47.5 Å². The molecular formula is C33H32N4O7. The van der Waals surface area contributed by atoms with Crippen molar-refractivity contribution >= 4 is 35.0 Å². The molecule has 11 nitrogen and oxygen atoms in total. The van der Waals surface area contributed by atoms with Crippen LogP contribution in [0.1, 0.15) is 59.0 Å². The quantitative estimate of drug-likeness (QED) is 0.241. The van der Waals surface area contributed by atoms with Gasteiger partial charge in [0.05, 0.1) is 31.0 Å². The fourth-order valence-electron chi connectivity index (χ4n) is 6.76. The number of allylic oxidation sites excluding steroid dienone is 1. The number of imide groups is 1. The fourth-order valence-corrected chi connectivity index (χ4v) is 6.76. The molecule has 1 spiro atoms. The van der Waals surface area contributed by atoms with Gasteiger partial charge >= 0.3 is 12.0 Å². The number of hydrogen-bond acceptors (Lipinski definition) is 8. The van der Waals surface area contributed by atoms with Crippen LogP contribution < -0.4 is 10.1 Å². The van der Waals surface area contributed by atoms with Crippen LogP contribution >= 0.6 is 0 Å². The molecular weight excluding hydrogens is 564 g/mol. The van der Waals surface area contributed by atoms with E-state index in [1.54, 1.807) is 30.5 Å². The molecule has 2 aliphatic carbocycles. The lowest BCUT2D eigenvalue weighted by Gasteiger charge is -2.42. The molecule has 2 aromatic carbocycles. The predicted molar refractivity (Wildman–Crippen MR) is 160 cm³/mol. The zero-order chi connectivity index (χ0) is 31.5. The number of carbonyl (C=O) groups is 5. The van der Waals surface area contributed by atoms with Gasteiger partial charge in [-0.2, -0.15) is 0 Å². The zero-order valence-electron chi connectivity index (χ0n) is 25.1. The summed E-state index contributed by atoms with van der Waals surface area (Å²) in [4.78, 5) is 73.2. The van der Waals surface area contributed by atoms with Crippen LogP contribution in [-0.4, -0.2) is 84.7 Å². The number of carbonyl (C=O) groups excluding carboxylic acids is 5. The number of ketones is 2. The Morgan fingerprint density at radius 1 is 1.05 bits per heavy atom. The lowest BCUT2D eigenvalue weighted by Crippen LogP contribution is -2.56. The number of aromatic nitrogens is 1. The second-order valence-corrected chi connectivity index (χ2v) is 11.3. The van der Waals surface area contributed by atoms with Gasteiger partial charge in [0.15, 0.2) is 11.3 Å². The summed E-state index contributed by atoms with van der Waals surface area (Å²) < 4.78 is 10.4. The average molecular weight is 597 g/mol. The Morgan fingerprint density at radius 3 is 2.50 bits per heavy atom. The number of benzene rings is 2. The SMILES string of the molecule is COC(=O)c1cccc(CNCCc2c[nH]c3c2C(=O)C2=C(C3=O)c3c(C)ccc(OC)c3CC23C(=O)N(C)C(=O)N3C)c1. The van der Waals surface area contributed by atoms with Crippen LogP contribution in [0.15, 0.2) is 48.2 Å². The number of aromatic amines is 1.